The number of nitrogens with zero attached hydrogens (tertiary/aromatic N) is 3. The summed E-state index contributed by atoms with van der Waals surface area (Å²) in [6.45, 7) is 0. The monoisotopic (exact) mass is 849 g/mol. The zero-order valence-electron chi connectivity index (χ0n) is 36.4. The first-order chi connectivity index (χ1) is 33.3. The van der Waals surface area contributed by atoms with Crippen molar-refractivity contribution in [1.82, 2.24) is 14.5 Å². The molecule has 67 heavy (non-hydrogen) atoms. The molecule has 0 saturated heterocycles. The summed E-state index contributed by atoms with van der Waals surface area (Å²) in [7, 11) is 0. The Labute approximate surface area is 386 Å². The molecule has 14 aromatic rings. The lowest BCUT2D eigenvalue weighted by atomic mass is 9.87. The number of rotatable bonds is 5. The Balaban J connectivity index is 0.896. The number of para-hydroxylation sites is 2. The van der Waals surface area contributed by atoms with E-state index in [0.29, 0.717) is 0 Å². The van der Waals surface area contributed by atoms with E-state index in [1.54, 1.807) is 12.4 Å². The minimum atomic E-state index is 0.934. The van der Waals surface area contributed by atoms with E-state index in [0.717, 1.165) is 21.8 Å². The minimum absolute atomic E-state index is 0.934. The first-order valence-electron chi connectivity index (χ1n) is 23.0. The molecule has 0 bridgehead atoms. The van der Waals surface area contributed by atoms with E-state index in [1.165, 1.54) is 115 Å². The van der Waals surface area contributed by atoms with Gasteiger partial charge in [-0.25, -0.2) is 0 Å². The molecule has 0 aliphatic heterocycles. The van der Waals surface area contributed by atoms with Gasteiger partial charge in [0.25, 0.3) is 0 Å². The van der Waals surface area contributed by atoms with Gasteiger partial charge >= 0.3 is 0 Å². The second kappa shape index (κ2) is 14.8. The van der Waals surface area contributed by atoms with Crippen LogP contribution in [0.1, 0.15) is 0 Å². The molecule has 0 aliphatic rings. The molecule has 310 valence electrons. The van der Waals surface area contributed by atoms with E-state index < -0.39 is 0 Å². The average Bonchev–Trinajstić information content (AvgIpc) is 3.74. The van der Waals surface area contributed by atoms with Crippen LogP contribution in [0.2, 0.25) is 0 Å². The van der Waals surface area contributed by atoms with Crippen molar-refractivity contribution in [2.24, 2.45) is 0 Å². The lowest BCUT2D eigenvalue weighted by molar-refractivity contribution is 1.18. The number of aromatic nitrogens is 3. The Morgan fingerprint density at radius 3 is 1.18 bits per heavy atom. The van der Waals surface area contributed by atoms with Crippen LogP contribution in [0, 0.1) is 0 Å². The van der Waals surface area contributed by atoms with Crippen LogP contribution in [0.25, 0.3) is 137 Å². The third-order valence-corrected chi connectivity index (χ3v) is 14.1. The van der Waals surface area contributed by atoms with Gasteiger partial charge in [-0.2, -0.15) is 0 Å². The van der Waals surface area contributed by atoms with E-state index in [2.05, 4.69) is 229 Å². The zero-order chi connectivity index (χ0) is 44.0. The summed E-state index contributed by atoms with van der Waals surface area (Å²) in [5, 5.41) is 14.5. The fraction of sp³-hybridized carbons (Fsp3) is 0. The Morgan fingerprint density at radius 2 is 0.627 bits per heavy atom. The molecule has 14 rings (SSSR count). The highest BCUT2D eigenvalue weighted by molar-refractivity contribution is 6.24. The Kier molecular flexibility index (Phi) is 8.28. The van der Waals surface area contributed by atoms with Crippen molar-refractivity contribution in [3.8, 4) is 50.2 Å². The molecule has 0 fully saturated rings. The second-order valence-corrected chi connectivity index (χ2v) is 17.6. The maximum atomic E-state index is 4.80. The topological polar surface area (TPSA) is 30.7 Å². The predicted octanol–water partition coefficient (Wildman–Crippen LogP) is 17.2. The van der Waals surface area contributed by atoms with Crippen molar-refractivity contribution >= 4 is 86.7 Å². The minimum Gasteiger partial charge on any atom is -0.309 e. The standard InChI is InChI=1S/C64H39N3/c1-2-14-42(15-3-1)67-61-31-7-6-17-56(61)60-39-41(33-35-62(60)67)44-20-9-24-48-46(44)22-11-26-50(48)52-28-13-29-53-51(27-12-30-54(52)53)49-25-10-21-45-43(19-8-23-47(45)49)40-32-34-58-59(38-40)55-16-4-5-18-57(55)63-64(58)66-37-36-65-63/h1-39H. The molecular formula is C64H39N3. The summed E-state index contributed by atoms with van der Waals surface area (Å²) >= 11 is 0. The number of hydrogen-bond donors (Lipinski definition) is 0. The molecule has 0 radical (unpaired) electrons. The van der Waals surface area contributed by atoms with Crippen molar-refractivity contribution in [3.63, 3.8) is 0 Å². The molecule has 3 heteroatoms. The molecule has 3 nitrogen and oxygen atoms in total. The predicted molar refractivity (Wildman–Crippen MR) is 283 cm³/mol. The van der Waals surface area contributed by atoms with Gasteiger partial charge in [-0.15, -0.1) is 0 Å². The van der Waals surface area contributed by atoms with Crippen molar-refractivity contribution in [2.45, 2.75) is 0 Å². The largest absolute Gasteiger partial charge is 0.309 e. The molecule has 2 heterocycles. The average molecular weight is 850 g/mol. The molecule has 12 aromatic carbocycles. The lowest BCUT2D eigenvalue weighted by Gasteiger charge is -2.16. The molecule has 0 saturated carbocycles. The molecule has 0 N–H and O–H groups in total. The summed E-state index contributed by atoms with van der Waals surface area (Å²) in [6, 6.07) is 82.5. The van der Waals surface area contributed by atoms with E-state index >= 15 is 0 Å². The molecule has 2 aromatic heterocycles. The fourth-order valence-electron chi connectivity index (χ4n) is 11.2. The van der Waals surface area contributed by atoms with Gasteiger partial charge in [0.2, 0.25) is 0 Å². The highest BCUT2D eigenvalue weighted by Crippen LogP contribution is 2.44. The molecule has 0 aliphatic carbocycles. The van der Waals surface area contributed by atoms with Gasteiger partial charge in [-0.3, -0.25) is 9.97 Å². The number of benzene rings is 12. The molecule has 0 amide bonds. The first kappa shape index (κ1) is 37.5. The Bertz CT molecular complexity index is 4300. The van der Waals surface area contributed by atoms with Crippen LogP contribution in [-0.4, -0.2) is 14.5 Å². The summed E-state index contributed by atoms with van der Waals surface area (Å²) in [5.41, 5.74) is 15.2. The normalized spacial score (nSPS) is 11.9. The van der Waals surface area contributed by atoms with Crippen LogP contribution in [0.15, 0.2) is 237 Å². The van der Waals surface area contributed by atoms with Crippen molar-refractivity contribution < 1.29 is 0 Å². The van der Waals surface area contributed by atoms with Crippen LogP contribution < -0.4 is 0 Å². The zero-order valence-corrected chi connectivity index (χ0v) is 36.4. The maximum Gasteiger partial charge on any atom is 0.0971 e. The van der Waals surface area contributed by atoms with Crippen LogP contribution in [0.4, 0.5) is 0 Å². The smallest absolute Gasteiger partial charge is 0.0971 e. The van der Waals surface area contributed by atoms with Crippen LogP contribution in [0.5, 0.6) is 0 Å². The summed E-state index contributed by atoms with van der Waals surface area (Å²) in [5.74, 6) is 0. The lowest BCUT2D eigenvalue weighted by Crippen LogP contribution is -1.93. The number of hydrogen-bond acceptors (Lipinski definition) is 2. The molecule has 0 spiro atoms. The van der Waals surface area contributed by atoms with E-state index in [-0.39, 0.29) is 0 Å². The summed E-state index contributed by atoms with van der Waals surface area (Å²) in [6.07, 6.45) is 3.58. The van der Waals surface area contributed by atoms with Gasteiger partial charge in [0.1, 0.15) is 0 Å². The van der Waals surface area contributed by atoms with Gasteiger partial charge in [0.05, 0.1) is 22.1 Å². The van der Waals surface area contributed by atoms with Gasteiger partial charge in [0, 0.05) is 39.6 Å². The molecule has 0 unspecified atom stereocenters. The van der Waals surface area contributed by atoms with Crippen molar-refractivity contribution in [3.05, 3.63) is 237 Å². The van der Waals surface area contributed by atoms with Crippen molar-refractivity contribution in [2.75, 3.05) is 0 Å². The maximum absolute atomic E-state index is 4.80. The summed E-state index contributed by atoms with van der Waals surface area (Å²) < 4.78 is 2.38. The van der Waals surface area contributed by atoms with Crippen molar-refractivity contribution in [1.29, 1.82) is 0 Å². The van der Waals surface area contributed by atoms with Gasteiger partial charge in [-0.1, -0.05) is 188 Å². The Morgan fingerprint density at radius 1 is 0.239 bits per heavy atom. The molecular weight excluding hydrogens is 811 g/mol. The highest BCUT2D eigenvalue weighted by atomic mass is 15.0. The SMILES string of the molecule is c1ccc(-n2c3ccccc3c3cc(-c4cccc5c(-c6cccc7c(-c8cccc9c(-c%10ccc%11c(c%10)c%10ccccc%10c%10nccnc%11%10)cccc89)cccc67)cccc45)ccc32)cc1. The first-order valence-corrected chi connectivity index (χ1v) is 23.0. The van der Waals surface area contributed by atoms with E-state index in [1.807, 2.05) is 0 Å². The van der Waals surface area contributed by atoms with Gasteiger partial charge in [-0.05, 0) is 124 Å². The fourth-order valence-corrected chi connectivity index (χ4v) is 11.2. The van der Waals surface area contributed by atoms with Gasteiger partial charge in [0.15, 0.2) is 0 Å². The van der Waals surface area contributed by atoms with Crippen LogP contribution in [0.3, 0.4) is 0 Å². The highest BCUT2D eigenvalue weighted by Gasteiger charge is 2.18. The quantitative estimate of drug-likeness (QED) is 0.162. The second-order valence-electron chi connectivity index (χ2n) is 17.6. The van der Waals surface area contributed by atoms with Gasteiger partial charge < -0.3 is 4.57 Å². The third kappa shape index (κ3) is 5.71. The van der Waals surface area contributed by atoms with E-state index in [4.69, 9.17) is 9.97 Å². The Hall–Kier alpha value is -8.92. The van der Waals surface area contributed by atoms with E-state index in [9.17, 15) is 0 Å². The molecule has 0 atom stereocenters. The number of fused-ring (bicyclic) bond motifs is 12. The summed E-state index contributed by atoms with van der Waals surface area (Å²) in [4.78, 5) is 9.55. The third-order valence-electron chi connectivity index (χ3n) is 14.1. The van der Waals surface area contributed by atoms with Crippen LogP contribution >= 0.6 is 0 Å². The van der Waals surface area contributed by atoms with Crippen LogP contribution in [-0.2, 0) is 0 Å².